The lowest BCUT2D eigenvalue weighted by Gasteiger charge is -2.27. The minimum Gasteiger partial charge on any atom is -0.462 e. The van der Waals surface area contributed by atoms with Crippen LogP contribution in [0, 0.1) is 0 Å². The molecule has 0 spiro atoms. The Morgan fingerprint density at radius 2 is 1.08 bits per heavy atom. The molecule has 52 heavy (non-hydrogen) atoms. The molecule has 1 aliphatic rings. The fourth-order valence-corrected chi connectivity index (χ4v) is 7.85. The SMILES string of the molecule is CCCCCCCCCCCCC(O)CN(CCCCCCCC(=O)OC(CCCCCCCC)CCCCCCCC)CCCN1CCN=C1C. The van der Waals surface area contributed by atoms with Crippen molar-refractivity contribution in [1.29, 1.82) is 0 Å². The molecule has 0 aromatic heterocycles. The van der Waals surface area contributed by atoms with Gasteiger partial charge in [0.25, 0.3) is 0 Å². The Morgan fingerprint density at radius 1 is 0.635 bits per heavy atom. The molecule has 0 fully saturated rings. The van der Waals surface area contributed by atoms with Gasteiger partial charge in [-0.05, 0) is 71.4 Å². The third-order valence-electron chi connectivity index (χ3n) is 11.3. The first-order valence-electron chi connectivity index (χ1n) is 23.4. The summed E-state index contributed by atoms with van der Waals surface area (Å²) in [6.07, 6.45) is 39.0. The van der Waals surface area contributed by atoms with E-state index in [0.717, 1.165) is 90.6 Å². The fraction of sp³-hybridized carbons (Fsp3) is 0.957. The van der Waals surface area contributed by atoms with Crippen molar-refractivity contribution in [3.05, 3.63) is 0 Å². The Kier molecular flexibility index (Phi) is 34.6. The number of amidine groups is 1. The first-order chi connectivity index (χ1) is 25.5. The molecule has 0 aliphatic carbocycles. The number of ether oxygens (including phenoxy) is 1. The summed E-state index contributed by atoms with van der Waals surface area (Å²) in [7, 11) is 0. The van der Waals surface area contributed by atoms with Crippen molar-refractivity contribution in [2.45, 2.75) is 245 Å². The molecule has 1 rings (SSSR count). The second-order valence-electron chi connectivity index (χ2n) is 16.4. The van der Waals surface area contributed by atoms with E-state index < -0.39 is 0 Å². The molecular weight excluding hydrogens is 643 g/mol. The lowest BCUT2D eigenvalue weighted by Crippen LogP contribution is -2.36. The van der Waals surface area contributed by atoms with E-state index in [1.807, 2.05) is 0 Å². The molecule has 0 saturated carbocycles. The van der Waals surface area contributed by atoms with E-state index in [1.54, 1.807) is 0 Å². The van der Waals surface area contributed by atoms with Crippen LogP contribution in [0.5, 0.6) is 0 Å². The predicted molar refractivity (Wildman–Crippen MR) is 227 cm³/mol. The van der Waals surface area contributed by atoms with Crippen molar-refractivity contribution in [3.8, 4) is 0 Å². The topological polar surface area (TPSA) is 65.4 Å². The van der Waals surface area contributed by atoms with Gasteiger partial charge in [0.15, 0.2) is 0 Å². The van der Waals surface area contributed by atoms with Gasteiger partial charge in [-0.25, -0.2) is 0 Å². The van der Waals surface area contributed by atoms with E-state index in [9.17, 15) is 9.90 Å². The molecule has 1 unspecified atom stereocenters. The molecule has 6 heteroatoms. The van der Waals surface area contributed by atoms with Crippen LogP contribution in [0.1, 0.15) is 233 Å². The molecule has 1 heterocycles. The van der Waals surface area contributed by atoms with Crippen molar-refractivity contribution < 1.29 is 14.6 Å². The number of hydrogen-bond donors (Lipinski definition) is 1. The average molecular weight is 734 g/mol. The third-order valence-corrected chi connectivity index (χ3v) is 11.3. The van der Waals surface area contributed by atoms with E-state index in [1.165, 1.54) is 154 Å². The molecule has 1 atom stereocenters. The van der Waals surface area contributed by atoms with E-state index in [2.05, 4.69) is 42.5 Å². The fourth-order valence-electron chi connectivity index (χ4n) is 7.85. The number of esters is 1. The van der Waals surface area contributed by atoms with Gasteiger partial charge >= 0.3 is 5.97 Å². The largest absolute Gasteiger partial charge is 0.462 e. The van der Waals surface area contributed by atoms with Crippen LogP contribution < -0.4 is 0 Å². The highest BCUT2D eigenvalue weighted by atomic mass is 16.5. The first kappa shape index (κ1) is 48.9. The van der Waals surface area contributed by atoms with Gasteiger partial charge in [0, 0.05) is 26.1 Å². The number of carbonyl (C=O) groups excluding carboxylic acids is 1. The third kappa shape index (κ3) is 30.2. The Morgan fingerprint density at radius 3 is 1.58 bits per heavy atom. The van der Waals surface area contributed by atoms with Gasteiger partial charge in [-0.15, -0.1) is 0 Å². The zero-order valence-electron chi connectivity index (χ0n) is 35.6. The predicted octanol–water partition coefficient (Wildman–Crippen LogP) is 12.8. The van der Waals surface area contributed by atoms with Gasteiger partial charge in [0.05, 0.1) is 18.5 Å². The second-order valence-corrected chi connectivity index (χ2v) is 16.4. The molecule has 0 saturated heterocycles. The number of carbonyl (C=O) groups is 1. The number of nitrogens with zero attached hydrogens (tertiary/aromatic N) is 3. The van der Waals surface area contributed by atoms with Crippen LogP contribution in [-0.4, -0.2) is 78.2 Å². The van der Waals surface area contributed by atoms with Crippen LogP contribution in [0.15, 0.2) is 4.99 Å². The number of aliphatic hydroxyl groups excluding tert-OH is 1. The zero-order chi connectivity index (χ0) is 37.7. The van der Waals surface area contributed by atoms with E-state index in [-0.39, 0.29) is 18.2 Å². The maximum atomic E-state index is 12.8. The molecule has 0 radical (unpaired) electrons. The van der Waals surface area contributed by atoms with Crippen LogP contribution in [0.2, 0.25) is 0 Å². The average Bonchev–Trinajstić information content (AvgIpc) is 3.55. The molecule has 0 amide bonds. The molecule has 0 aromatic rings. The van der Waals surface area contributed by atoms with E-state index in [0.29, 0.717) is 6.42 Å². The van der Waals surface area contributed by atoms with Gasteiger partial charge in [-0.1, -0.05) is 168 Å². The smallest absolute Gasteiger partial charge is 0.306 e. The highest BCUT2D eigenvalue weighted by Crippen LogP contribution is 2.19. The van der Waals surface area contributed by atoms with Crippen molar-refractivity contribution >= 4 is 11.8 Å². The monoisotopic (exact) mass is 734 g/mol. The maximum absolute atomic E-state index is 12.8. The summed E-state index contributed by atoms with van der Waals surface area (Å²) in [4.78, 5) is 22.3. The lowest BCUT2D eigenvalue weighted by atomic mass is 10.0. The quantitative estimate of drug-likeness (QED) is 0.0502. The van der Waals surface area contributed by atoms with Crippen molar-refractivity contribution in [3.63, 3.8) is 0 Å². The van der Waals surface area contributed by atoms with Crippen LogP contribution >= 0.6 is 0 Å². The zero-order valence-corrected chi connectivity index (χ0v) is 35.6. The molecule has 0 bridgehead atoms. The number of rotatable bonds is 40. The van der Waals surface area contributed by atoms with Gasteiger partial charge in [-0.2, -0.15) is 0 Å². The summed E-state index contributed by atoms with van der Waals surface area (Å²) in [5, 5.41) is 11.0. The summed E-state index contributed by atoms with van der Waals surface area (Å²) in [6.45, 7) is 14.9. The maximum Gasteiger partial charge on any atom is 0.306 e. The first-order valence-corrected chi connectivity index (χ1v) is 23.4. The molecule has 1 N–H and O–H groups in total. The highest BCUT2D eigenvalue weighted by molar-refractivity contribution is 5.81. The summed E-state index contributed by atoms with van der Waals surface area (Å²) in [5.41, 5.74) is 0. The van der Waals surface area contributed by atoms with Gasteiger partial charge in [0.2, 0.25) is 0 Å². The van der Waals surface area contributed by atoms with Crippen LogP contribution in [0.3, 0.4) is 0 Å². The standard InChI is InChI=1S/C46H91N3O3/c1-5-8-11-14-17-18-19-20-22-27-33-44(50)42-48(39-32-40-49-41-37-47-43(49)4)38-31-26-21-25-30-36-46(51)52-45(34-28-23-15-12-9-6-2)35-29-24-16-13-10-7-3/h44-45,50H,5-42H2,1-4H3. The summed E-state index contributed by atoms with van der Waals surface area (Å²) < 4.78 is 6.07. The highest BCUT2D eigenvalue weighted by Gasteiger charge is 2.16. The molecule has 0 aromatic carbocycles. The molecule has 1 aliphatic heterocycles. The van der Waals surface area contributed by atoms with Crippen LogP contribution in [-0.2, 0) is 9.53 Å². The normalized spacial score (nSPS) is 13.8. The van der Waals surface area contributed by atoms with Gasteiger partial charge in [0.1, 0.15) is 6.10 Å². The number of aliphatic hydroxyl groups is 1. The Hall–Kier alpha value is -1.14. The summed E-state index contributed by atoms with van der Waals surface area (Å²) in [6, 6.07) is 0. The van der Waals surface area contributed by atoms with Crippen LogP contribution in [0.4, 0.5) is 0 Å². The minimum absolute atomic E-state index is 0.0304. The van der Waals surface area contributed by atoms with E-state index in [4.69, 9.17) is 4.74 Å². The Balaban J connectivity index is 2.32. The number of hydrogen-bond acceptors (Lipinski definition) is 6. The molecular formula is C46H91N3O3. The van der Waals surface area contributed by atoms with Crippen molar-refractivity contribution in [2.24, 2.45) is 4.99 Å². The number of unbranched alkanes of at least 4 members (excludes halogenated alkanes) is 23. The van der Waals surface area contributed by atoms with E-state index >= 15 is 0 Å². The molecule has 308 valence electrons. The molecule has 6 nitrogen and oxygen atoms in total. The summed E-state index contributed by atoms with van der Waals surface area (Å²) in [5.74, 6) is 1.21. The number of aliphatic imine (C=N–C) groups is 1. The van der Waals surface area contributed by atoms with Gasteiger partial charge < -0.3 is 19.6 Å². The lowest BCUT2D eigenvalue weighted by molar-refractivity contribution is -0.150. The Bertz CT molecular complexity index is 790. The van der Waals surface area contributed by atoms with Gasteiger partial charge in [-0.3, -0.25) is 9.79 Å². The Labute approximate surface area is 325 Å². The minimum atomic E-state index is -0.221. The van der Waals surface area contributed by atoms with Crippen LogP contribution in [0.25, 0.3) is 0 Å². The van der Waals surface area contributed by atoms with Crippen molar-refractivity contribution in [1.82, 2.24) is 9.80 Å². The second kappa shape index (κ2) is 36.8. The summed E-state index contributed by atoms with van der Waals surface area (Å²) >= 11 is 0. The van der Waals surface area contributed by atoms with Crippen molar-refractivity contribution in [2.75, 3.05) is 39.3 Å².